The maximum atomic E-state index is 13.3. The highest BCUT2D eigenvalue weighted by molar-refractivity contribution is 6.51. The average molecular weight is 472 g/mol. The number of anilines is 1. The van der Waals surface area contributed by atoms with Crippen LogP contribution in [0.4, 0.5) is 5.69 Å². The molecule has 6 heteroatoms. The summed E-state index contributed by atoms with van der Waals surface area (Å²) in [6.07, 6.45) is 0.0127. The van der Waals surface area contributed by atoms with E-state index in [1.165, 1.54) is 4.90 Å². The first-order valence-corrected chi connectivity index (χ1v) is 11.7. The second kappa shape index (κ2) is 10.1. The lowest BCUT2D eigenvalue weighted by molar-refractivity contribution is -0.132. The van der Waals surface area contributed by atoms with Gasteiger partial charge in [0.25, 0.3) is 11.7 Å². The molecule has 1 N–H and O–H groups in total. The van der Waals surface area contributed by atoms with Crippen LogP contribution in [-0.4, -0.2) is 29.5 Å². The van der Waals surface area contributed by atoms with Crippen molar-refractivity contribution in [2.45, 2.75) is 39.8 Å². The summed E-state index contributed by atoms with van der Waals surface area (Å²) in [4.78, 5) is 28.0. The number of benzene rings is 3. The van der Waals surface area contributed by atoms with Gasteiger partial charge in [0.05, 0.1) is 24.3 Å². The van der Waals surface area contributed by atoms with Gasteiger partial charge in [-0.15, -0.1) is 0 Å². The lowest BCUT2D eigenvalue weighted by atomic mass is 9.94. The number of ether oxygens (including phenoxy) is 2. The highest BCUT2D eigenvalue weighted by Crippen LogP contribution is 2.42. The summed E-state index contributed by atoms with van der Waals surface area (Å²) in [7, 11) is 0. The van der Waals surface area contributed by atoms with Crippen molar-refractivity contribution in [2.24, 2.45) is 0 Å². The largest absolute Gasteiger partial charge is 0.507 e. The van der Waals surface area contributed by atoms with E-state index in [2.05, 4.69) is 0 Å². The second-order valence-electron chi connectivity index (χ2n) is 8.65. The lowest BCUT2D eigenvalue weighted by Gasteiger charge is -2.25. The van der Waals surface area contributed by atoms with E-state index in [0.29, 0.717) is 34.9 Å². The van der Waals surface area contributed by atoms with Crippen LogP contribution < -0.4 is 14.4 Å². The third-order valence-electron chi connectivity index (χ3n) is 5.79. The van der Waals surface area contributed by atoms with Crippen LogP contribution in [-0.2, 0) is 9.59 Å². The first kappa shape index (κ1) is 24.1. The Morgan fingerprint density at radius 1 is 1.00 bits per heavy atom. The van der Waals surface area contributed by atoms with Crippen molar-refractivity contribution in [3.05, 3.63) is 95.1 Å². The number of carbonyl (C=O) groups excluding carboxylic acids is 2. The summed E-state index contributed by atoms with van der Waals surface area (Å²) in [5.41, 5.74) is 2.57. The van der Waals surface area contributed by atoms with E-state index < -0.39 is 17.7 Å². The number of aliphatic hydroxyl groups excluding tert-OH is 1. The van der Waals surface area contributed by atoms with Crippen LogP contribution in [0.25, 0.3) is 5.76 Å². The molecule has 6 nitrogen and oxygen atoms in total. The zero-order valence-electron chi connectivity index (χ0n) is 20.3. The number of ketones is 1. The Balaban J connectivity index is 1.86. The van der Waals surface area contributed by atoms with Crippen molar-refractivity contribution in [1.29, 1.82) is 0 Å². The molecule has 0 aromatic heterocycles. The van der Waals surface area contributed by atoms with Gasteiger partial charge in [-0.25, -0.2) is 0 Å². The minimum Gasteiger partial charge on any atom is -0.507 e. The number of Topliss-reactive ketones (excluding diaryl/α,β-unsaturated/α-hetero) is 1. The summed E-state index contributed by atoms with van der Waals surface area (Å²) in [6.45, 7) is 8.17. The smallest absolute Gasteiger partial charge is 0.300 e. The lowest BCUT2D eigenvalue weighted by Crippen LogP contribution is -2.29. The topological polar surface area (TPSA) is 76.1 Å². The maximum Gasteiger partial charge on any atom is 0.300 e. The van der Waals surface area contributed by atoms with Crippen molar-refractivity contribution < 1.29 is 24.2 Å². The van der Waals surface area contributed by atoms with Gasteiger partial charge in [-0.1, -0.05) is 30.3 Å². The highest BCUT2D eigenvalue weighted by Gasteiger charge is 2.46. The number of rotatable bonds is 7. The van der Waals surface area contributed by atoms with Gasteiger partial charge in [-0.05, 0) is 81.3 Å². The van der Waals surface area contributed by atoms with Gasteiger partial charge in [0, 0.05) is 11.3 Å². The zero-order valence-corrected chi connectivity index (χ0v) is 20.3. The van der Waals surface area contributed by atoms with Crippen LogP contribution in [0.3, 0.4) is 0 Å². The Labute approximate surface area is 205 Å². The van der Waals surface area contributed by atoms with Gasteiger partial charge >= 0.3 is 0 Å². The van der Waals surface area contributed by atoms with Crippen molar-refractivity contribution in [2.75, 3.05) is 11.5 Å². The molecule has 1 atom stereocenters. The number of nitrogens with zero attached hydrogens (tertiary/aromatic N) is 1. The summed E-state index contributed by atoms with van der Waals surface area (Å²) >= 11 is 0. The van der Waals surface area contributed by atoms with E-state index >= 15 is 0 Å². The fourth-order valence-corrected chi connectivity index (χ4v) is 4.27. The number of amides is 1. The minimum atomic E-state index is -0.794. The molecule has 0 radical (unpaired) electrons. The molecule has 3 aromatic carbocycles. The van der Waals surface area contributed by atoms with Crippen LogP contribution in [0.1, 0.15) is 43.5 Å². The van der Waals surface area contributed by atoms with E-state index in [9.17, 15) is 14.7 Å². The normalized spacial score (nSPS) is 17.2. The van der Waals surface area contributed by atoms with Gasteiger partial charge in [0.2, 0.25) is 0 Å². The second-order valence-corrected chi connectivity index (χ2v) is 8.65. The van der Waals surface area contributed by atoms with Crippen molar-refractivity contribution >= 4 is 23.1 Å². The molecule has 1 unspecified atom stereocenters. The number of para-hydroxylation sites is 1. The maximum absolute atomic E-state index is 13.3. The standard InChI is InChI=1S/C29H29NO5/c1-5-34-24-16-13-21(17-19(24)4)27(31)25-26(20-11-14-23(15-12-20)35-18(2)3)30(29(33)28(25)32)22-9-7-6-8-10-22/h6-18,26,31H,5H2,1-4H3/b27-25-. The molecule has 3 aromatic rings. The number of carbonyl (C=O) groups is 2. The van der Waals surface area contributed by atoms with Crippen molar-refractivity contribution in [3.63, 3.8) is 0 Å². The van der Waals surface area contributed by atoms with Gasteiger partial charge < -0.3 is 14.6 Å². The van der Waals surface area contributed by atoms with Gasteiger partial charge in [0.15, 0.2) is 0 Å². The molecule has 4 rings (SSSR count). The molecule has 1 saturated heterocycles. The Bertz CT molecular complexity index is 1260. The molecule has 1 fully saturated rings. The van der Waals surface area contributed by atoms with Gasteiger partial charge in [-0.3, -0.25) is 14.5 Å². The Morgan fingerprint density at radius 3 is 2.29 bits per heavy atom. The fourth-order valence-electron chi connectivity index (χ4n) is 4.27. The predicted molar refractivity (Wildman–Crippen MR) is 136 cm³/mol. The Morgan fingerprint density at radius 2 is 1.69 bits per heavy atom. The monoisotopic (exact) mass is 471 g/mol. The van der Waals surface area contributed by atoms with E-state index in [-0.39, 0.29) is 17.4 Å². The predicted octanol–water partition coefficient (Wildman–Crippen LogP) is 5.81. The molecule has 1 aliphatic heterocycles. The molecule has 180 valence electrons. The molecule has 1 amide bonds. The summed E-state index contributed by atoms with van der Waals surface area (Å²) in [5.74, 6) is -0.257. The van der Waals surface area contributed by atoms with E-state index in [0.717, 1.165) is 5.56 Å². The van der Waals surface area contributed by atoms with Crippen molar-refractivity contribution in [3.8, 4) is 11.5 Å². The van der Waals surface area contributed by atoms with E-state index in [1.54, 1.807) is 42.5 Å². The van der Waals surface area contributed by atoms with Gasteiger partial charge in [0.1, 0.15) is 17.3 Å². The Hall–Kier alpha value is -4.06. The number of hydrogen-bond acceptors (Lipinski definition) is 5. The van der Waals surface area contributed by atoms with E-state index in [4.69, 9.17) is 9.47 Å². The SMILES string of the molecule is CCOc1ccc(/C(O)=C2/C(=O)C(=O)N(c3ccccc3)C2c2ccc(OC(C)C)cc2)cc1C. The van der Waals surface area contributed by atoms with Crippen LogP contribution >= 0.6 is 0 Å². The molecule has 0 aliphatic carbocycles. The molecular formula is C29H29NO5. The van der Waals surface area contributed by atoms with Crippen LogP contribution in [0.5, 0.6) is 11.5 Å². The molecule has 1 aliphatic rings. The van der Waals surface area contributed by atoms with Crippen LogP contribution in [0, 0.1) is 6.92 Å². The quantitative estimate of drug-likeness (QED) is 0.267. The molecule has 0 bridgehead atoms. The number of aryl methyl sites for hydroxylation is 1. The summed E-state index contributed by atoms with van der Waals surface area (Å²) < 4.78 is 11.4. The highest BCUT2D eigenvalue weighted by atomic mass is 16.5. The third kappa shape index (κ3) is 4.78. The first-order valence-electron chi connectivity index (χ1n) is 11.7. The fraction of sp³-hybridized carbons (Fsp3) is 0.241. The summed E-state index contributed by atoms with van der Waals surface area (Å²) in [5, 5.41) is 11.3. The third-order valence-corrected chi connectivity index (χ3v) is 5.79. The molecular weight excluding hydrogens is 442 g/mol. The van der Waals surface area contributed by atoms with Crippen LogP contribution in [0.15, 0.2) is 78.4 Å². The first-order chi connectivity index (χ1) is 16.8. The van der Waals surface area contributed by atoms with Gasteiger partial charge in [-0.2, -0.15) is 0 Å². The average Bonchev–Trinajstić information content (AvgIpc) is 3.11. The number of hydrogen-bond donors (Lipinski definition) is 1. The molecule has 35 heavy (non-hydrogen) atoms. The molecule has 1 heterocycles. The molecule has 0 saturated carbocycles. The minimum absolute atomic E-state index is 0.0127. The Kier molecular flexibility index (Phi) is 6.92. The van der Waals surface area contributed by atoms with Crippen molar-refractivity contribution in [1.82, 2.24) is 0 Å². The summed E-state index contributed by atoms with van der Waals surface area (Å²) in [6, 6.07) is 20.7. The number of aliphatic hydroxyl groups is 1. The van der Waals surface area contributed by atoms with E-state index in [1.807, 2.05) is 58.0 Å². The molecule has 0 spiro atoms. The van der Waals surface area contributed by atoms with Crippen LogP contribution in [0.2, 0.25) is 0 Å². The zero-order chi connectivity index (χ0) is 25.1.